The maximum absolute atomic E-state index is 12.3. The molecule has 2 aromatic rings. The monoisotopic (exact) mass is 368 g/mol. The molecule has 0 unspecified atom stereocenters. The molecule has 1 aromatic heterocycles. The van der Waals surface area contributed by atoms with E-state index in [0.29, 0.717) is 24.2 Å². The Bertz CT molecular complexity index is 851. The van der Waals surface area contributed by atoms with Crippen LogP contribution < -0.4 is 10.6 Å². The lowest BCUT2D eigenvalue weighted by molar-refractivity contribution is -0.134. The topological polar surface area (TPSA) is 104 Å². The first-order valence-corrected chi connectivity index (χ1v) is 9.22. The number of hydrogen-bond acceptors (Lipinski definition) is 5. The molecule has 3 rings (SSSR count). The molecule has 0 saturated carbocycles. The first kappa shape index (κ1) is 18.8. The van der Waals surface area contributed by atoms with E-state index in [0.717, 1.165) is 30.1 Å². The highest BCUT2D eigenvalue weighted by molar-refractivity contribution is 5.95. The van der Waals surface area contributed by atoms with Gasteiger partial charge in [0.15, 0.2) is 0 Å². The zero-order valence-electron chi connectivity index (χ0n) is 15.4. The van der Waals surface area contributed by atoms with Crippen LogP contribution in [0.1, 0.15) is 46.0 Å². The first-order valence-electron chi connectivity index (χ1n) is 9.22. The second-order valence-corrected chi connectivity index (χ2v) is 6.69. The van der Waals surface area contributed by atoms with Gasteiger partial charge in [0, 0.05) is 35.6 Å². The van der Waals surface area contributed by atoms with E-state index >= 15 is 0 Å². The highest BCUT2D eigenvalue weighted by Gasteiger charge is 2.15. The number of nitrogens with one attached hydrogen (secondary N) is 2. The van der Waals surface area contributed by atoms with Crippen molar-refractivity contribution in [1.29, 1.82) is 0 Å². The molecule has 7 nitrogen and oxygen atoms in total. The fraction of sp³-hybridized carbons (Fsp3) is 0.400. The quantitative estimate of drug-likeness (QED) is 0.692. The van der Waals surface area contributed by atoms with Gasteiger partial charge in [-0.1, -0.05) is 6.07 Å². The SMILES string of the molecule is Cc1nc(CCNC(=O)c2cccc(NCC(=O)O)c2)nc2c1CCCC2. The molecule has 1 aliphatic rings. The third-order valence-electron chi connectivity index (χ3n) is 4.64. The van der Waals surface area contributed by atoms with Gasteiger partial charge in [-0.25, -0.2) is 9.97 Å². The fourth-order valence-corrected chi connectivity index (χ4v) is 3.29. The van der Waals surface area contributed by atoms with Gasteiger partial charge in [0.2, 0.25) is 0 Å². The molecule has 3 N–H and O–H groups in total. The summed E-state index contributed by atoms with van der Waals surface area (Å²) in [5, 5.41) is 14.4. The molecule has 1 aliphatic carbocycles. The van der Waals surface area contributed by atoms with Gasteiger partial charge in [0.1, 0.15) is 12.4 Å². The molecule has 1 heterocycles. The lowest BCUT2D eigenvalue weighted by Gasteiger charge is -2.17. The summed E-state index contributed by atoms with van der Waals surface area (Å²) < 4.78 is 0. The summed E-state index contributed by atoms with van der Waals surface area (Å²) in [7, 11) is 0. The van der Waals surface area contributed by atoms with Crippen LogP contribution in [0.25, 0.3) is 0 Å². The second-order valence-electron chi connectivity index (χ2n) is 6.69. The van der Waals surface area contributed by atoms with Gasteiger partial charge < -0.3 is 15.7 Å². The number of rotatable bonds is 7. The molecule has 142 valence electrons. The molecule has 7 heteroatoms. The molecular formula is C20H24N4O3. The summed E-state index contributed by atoms with van der Waals surface area (Å²) >= 11 is 0. The number of benzene rings is 1. The minimum Gasteiger partial charge on any atom is -0.480 e. The standard InChI is InChI=1S/C20H24N4O3/c1-13-16-7-2-3-8-17(16)24-18(23-13)9-10-21-20(27)14-5-4-6-15(11-14)22-12-19(25)26/h4-6,11,22H,2-3,7-10,12H2,1H3,(H,21,27)(H,25,26). The maximum Gasteiger partial charge on any atom is 0.322 e. The molecule has 1 amide bonds. The predicted molar refractivity (Wildman–Crippen MR) is 102 cm³/mol. The van der Waals surface area contributed by atoms with Crippen LogP contribution in [0.15, 0.2) is 24.3 Å². The number of aromatic nitrogens is 2. The fourth-order valence-electron chi connectivity index (χ4n) is 3.29. The van der Waals surface area contributed by atoms with E-state index in [1.54, 1.807) is 24.3 Å². The Balaban J connectivity index is 1.56. The third-order valence-corrected chi connectivity index (χ3v) is 4.64. The summed E-state index contributed by atoms with van der Waals surface area (Å²) in [5.74, 6) is -0.390. The van der Waals surface area contributed by atoms with Gasteiger partial charge in [-0.15, -0.1) is 0 Å². The molecule has 0 fully saturated rings. The summed E-state index contributed by atoms with van der Waals surface area (Å²) in [6, 6.07) is 6.77. The van der Waals surface area contributed by atoms with Crippen molar-refractivity contribution in [2.45, 2.75) is 39.0 Å². The summed E-state index contributed by atoms with van der Waals surface area (Å²) in [4.78, 5) is 32.2. The number of carbonyl (C=O) groups excluding carboxylic acids is 1. The third kappa shape index (κ3) is 5.03. The zero-order chi connectivity index (χ0) is 19.2. The van der Waals surface area contributed by atoms with E-state index < -0.39 is 5.97 Å². The van der Waals surface area contributed by atoms with Gasteiger partial charge in [0.05, 0.1) is 0 Å². The van der Waals surface area contributed by atoms with Crippen molar-refractivity contribution < 1.29 is 14.7 Å². The average Bonchev–Trinajstić information content (AvgIpc) is 2.66. The Hall–Kier alpha value is -2.96. The van der Waals surface area contributed by atoms with E-state index in [2.05, 4.69) is 20.6 Å². The molecule has 0 bridgehead atoms. The molecule has 0 atom stereocenters. The molecule has 0 saturated heterocycles. The first-order chi connectivity index (χ1) is 13.0. The van der Waals surface area contributed by atoms with E-state index in [1.165, 1.54) is 18.4 Å². The molecule has 0 radical (unpaired) electrons. The highest BCUT2D eigenvalue weighted by atomic mass is 16.4. The number of hydrogen-bond donors (Lipinski definition) is 3. The lowest BCUT2D eigenvalue weighted by atomic mass is 9.95. The van der Waals surface area contributed by atoms with Crippen LogP contribution in [-0.2, 0) is 24.1 Å². The number of carbonyl (C=O) groups is 2. The second kappa shape index (κ2) is 8.62. The Kier molecular flexibility index (Phi) is 6.01. The minimum absolute atomic E-state index is 0.194. The van der Waals surface area contributed by atoms with Gasteiger partial charge in [-0.05, 0) is 56.4 Å². The van der Waals surface area contributed by atoms with Gasteiger partial charge in [-0.3, -0.25) is 9.59 Å². The summed E-state index contributed by atoms with van der Waals surface area (Å²) in [6.45, 7) is 2.29. The van der Waals surface area contributed by atoms with Gasteiger partial charge in [0.25, 0.3) is 5.91 Å². The van der Waals surface area contributed by atoms with Crippen molar-refractivity contribution in [2.24, 2.45) is 0 Å². The van der Waals surface area contributed by atoms with Crippen LogP contribution in [0.3, 0.4) is 0 Å². The van der Waals surface area contributed by atoms with Crippen LogP contribution in [-0.4, -0.2) is 40.0 Å². The van der Waals surface area contributed by atoms with Crippen molar-refractivity contribution >= 4 is 17.6 Å². The summed E-state index contributed by atoms with van der Waals surface area (Å²) in [6.07, 6.45) is 5.02. The predicted octanol–water partition coefficient (Wildman–Crippen LogP) is 2.13. The van der Waals surface area contributed by atoms with Crippen molar-refractivity contribution in [3.63, 3.8) is 0 Å². The van der Waals surface area contributed by atoms with Crippen LogP contribution in [0.2, 0.25) is 0 Å². The normalized spacial score (nSPS) is 12.9. The number of amides is 1. The van der Waals surface area contributed by atoms with E-state index in [9.17, 15) is 9.59 Å². The molecule has 27 heavy (non-hydrogen) atoms. The smallest absolute Gasteiger partial charge is 0.322 e. The average molecular weight is 368 g/mol. The molecule has 0 spiro atoms. The van der Waals surface area contributed by atoms with Gasteiger partial charge in [-0.2, -0.15) is 0 Å². The number of anilines is 1. The lowest BCUT2D eigenvalue weighted by Crippen LogP contribution is -2.26. The number of fused-ring (bicyclic) bond motifs is 1. The summed E-state index contributed by atoms with van der Waals surface area (Å²) in [5.41, 5.74) is 4.58. The minimum atomic E-state index is -0.954. The Morgan fingerprint density at radius 1 is 1.19 bits per heavy atom. The number of carboxylic acids is 1. The van der Waals surface area contributed by atoms with E-state index in [4.69, 9.17) is 5.11 Å². The van der Waals surface area contributed by atoms with Gasteiger partial charge >= 0.3 is 5.97 Å². The molecule has 0 aliphatic heterocycles. The van der Waals surface area contributed by atoms with Crippen molar-refractivity contribution in [3.8, 4) is 0 Å². The van der Waals surface area contributed by atoms with Crippen molar-refractivity contribution in [1.82, 2.24) is 15.3 Å². The van der Waals surface area contributed by atoms with E-state index in [-0.39, 0.29) is 12.5 Å². The highest BCUT2D eigenvalue weighted by Crippen LogP contribution is 2.21. The molecular weight excluding hydrogens is 344 g/mol. The van der Waals surface area contributed by atoms with E-state index in [1.807, 2.05) is 6.92 Å². The Morgan fingerprint density at radius 3 is 2.81 bits per heavy atom. The number of aliphatic carboxylic acids is 1. The van der Waals surface area contributed by atoms with Crippen LogP contribution in [0.4, 0.5) is 5.69 Å². The Labute approximate surface area is 158 Å². The number of carboxylic acid groups (broad SMARTS) is 1. The largest absolute Gasteiger partial charge is 0.480 e. The number of nitrogens with zero attached hydrogens (tertiary/aromatic N) is 2. The van der Waals surface area contributed by atoms with Crippen LogP contribution in [0.5, 0.6) is 0 Å². The Morgan fingerprint density at radius 2 is 2.00 bits per heavy atom. The molecule has 1 aromatic carbocycles. The maximum atomic E-state index is 12.3. The van der Waals surface area contributed by atoms with Crippen molar-refractivity contribution in [3.05, 3.63) is 52.6 Å². The zero-order valence-corrected chi connectivity index (χ0v) is 15.4. The number of aryl methyl sites for hydroxylation is 2. The van der Waals surface area contributed by atoms with Crippen LogP contribution in [0, 0.1) is 6.92 Å². The van der Waals surface area contributed by atoms with Crippen molar-refractivity contribution in [2.75, 3.05) is 18.4 Å². The van der Waals surface area contributed by atoms with Crippen LogP contribution >= 0.6 is 0 Å².